The van der Waals surface area contributed by atoms with Gasteiger partial charge in [-0.2, -0.15) is 0 Å². The monoisotopic (exact) mass is 386 g/mol. The number of aromatic amines is 1. The number of thioether (sulfide) groups is 1. The lowest BCUT2D eigenvalue weighted by Gasteiger charge is -2.07. The van der Waals surface area contributed by atoms with Gasteiger partial charge < -0.3 is 10.3 Å². The maximum Gasteiger partial charge on any atom is 0.251 e. The van der Waals surface area contributed by atoms with Crippen molar-refractivity contribution in [1.82, 2.24) is 10.3 Å². The first-order valence-corrected chi connectivity index (χ1v) is 10.3. The summed E-state index contributed by atoms with van der Waals surface area (Å²) >= 11 is 1.77. The molecule has 0 unspecified atom stereocenters. The van der Waals surface area contributed by atoms with Crippen LogP contribution in [0.5, 0.6) is 0 Å². The molecule has 4 rings (SSSR count). The van der Waals surface area contributed by atoms with Gasteiger partial charge in [-0.3, -0.25) is 4.79 Å². The maximum atomic E-state index is 12.4. The molecule has 2 N–H and O–H groups in total. The maximum absolute atomic E-state index is 12.4. The van der Waals surface area contributed by atoms with E-state index < -0.39 is 0 Å². The number of fused-ring (bicyclic) bond motifs is 1. The second kappa shape index (κ2) is 8.36. The lowest BCUT2D eigenvalue weighted by molar-refractivity contribution is 0.0956. The third kappa shape index (κ3) is 3.97. The van der Waals surface area contributed by atoms with Gasteiger partial charge in [-0.15, -0.1) is 11.8 Å². The fourth-order valence-electron chi connectivity index (χ4n) is 3.30. The number of amides is 1. The molecule has 140 valence electrons. The first kappa shape index (κ1) is 18.4. The van der Waals surface area contributed by atoms with Crippen LogP contribution < -0.4 is 5.32 Å². The first-order valence-electron chi connectivity index (χ1n) is 9.36. The van der Waals surface area contributed by atoms with Crippen molar-refractivity contribution in [1.29, 1.82) is 0 Å². The molecular weight excluding hydrogens is 364 g/mol. The van der Waals surface area contributed by atoms with E-state index >= 15 is 0 Å². The molecule has 0 fully saturated rings. The Labute approximate surface area is 169 Å². The number of rotatable bonds is 6. The van der Waals surface area contributed by atoms with Gasteiger partial charge >= 0.3 is 0 Å². The van der Waals surface area contributed by atoms with Gasteiger partial charge in [0.1, 0.15) is 0 Å². The minimum Gasteiger partial charge on any atom is -0.358 e. The number of hydrogen-bond acceptors (Lipinski definition) is 2. The van der Waals surface area contributed by atoms with E-state index in [0.717, 1.165) is 22.4 Å². The van der Waals surface area contributed by atoms with E-state index in [0.29, 0.717) is 12.1 Å². The molecule has 3 aromatic carbocycles. The second-order valence-electron chi connectivity index (χ2n) is 6.67. The van der Waals surface area contributed by atoms with Gasteiger partial charge in [-0.1, -0.05) is 60.7 Å². The third-order valence-corrected chi connectivity index (χ3v) is 5.95. The minimum atomic E-state index is -0.0316. The summed E-state index contributed by atoms with van der Waals surface area (Å²) in [5, 5.41) is 4.26. The highest BCUT2D eigenvalue weighted by Crippen LogP contribution is 2.30. The summed E-state index contributed by atoms with van der Waals surface area (Å²) in [6.07, 6.45) is 0. The minimum absolute atomic E-state index is 0.0316. The quantitative estimate of drug-likeness (QED) is 0.331. The number of H-pyrrole nitrogens is 1. The average molecular weight is 387 g/mol. The van der Waals surface area contributed by atoms with Crippen LogP contribution in [0.2, 0.25) is 0 Å². The van der Waals surface area contributed by atoms with Crippen LogP contribution in [0.15, 0.2) is 83.8 Å². The number of nitrogens with one attached hydrogen (secondary N) is 2. The van der Waals surface area contributed by atoms with Gasteiger partial charge in [0.25, 0.3) is 5.91 Å². The molecule has 0 aliphatic heterocycles. The largest absolute Gasteiger partial charge is 0.358 e. The average Bonchev–Trinajstić information content (AvgIpc) is 3.07. The smallest absolute Gasteiger partial charge is 0.251 e. The highest BCUT2D eigenvalue weighted by atomic mass is 32.2. The molecule has 0 spiro atoms. The number of carbonyl (C=O) groups is 1. The molecule has 4 aromatic rings. The van der Waals surface area contributed by atoms with Crippen LogP contribution in [0, 0.1) is 6.92 Å². The Bertz CT molecular complexity index is 1080. The van der Waals surface area contributed by atoms with Gasteiger partial charge in [0, 0.05) is 39.4 Å². The zero-order chi connectivity index (χ0) is 19.3. The summed E-state index contributed by atoms with van der Waals surface area (Å²) in [5.41, 5.74) is 5.29. The van der Waals surface area contributed by atoms with Crippen LogP contribution in [-0.2, 0) is 0 Å². The Morgan fingerprint density at radius 1 is 0.893 bits per heavy atom. The molecule has 4 heteroatoms. The summed E-state index contributed by atoms with van der Waals surface area (Å²) in [6.45, 7) is 2.72. The molecular formula is C24H22N2OS. The van der Waals surface area contributed by atoms with Gasteiger partial charge in [0.2, 0.25) is 0 Å². The van der Waals surface area contributed by atoms with Crippen molar-refractivity contribution < 1.29 is 4.79 Å². The molecule has 1 amide bonds. The molecule has 0 aliphatic rings. The SMILES string of the molecule is Cc1[nH]c2ccccc2c1SCCNC(=O)c1ccc(-c2ccccc2)cc1. The van der Waals surface area contributed by atoms with Crippen molar-refractivity contribution in [2.45, 2.75) is 11.8 Å². The number of benzene rings is 3. The molecule has 0 aliphatic carbocycles. The van der Waals surface area contributed by atoms with E-state index in [9.17, 15) is 4.79 Å². The van der Waals surface area contributed by atoms with Crippen LogP contribution in [-0.4, -0.2) is 23.2 Å². The molecule has 1 aromatic heterocycles. The van der Waals surface area contributed by atoms with E-state index in [-0.39, 0.29) is 5.91 Å². The van der Waals surface area contributed by atoms with Crippen LogP contribution in [0.3, 0.4) is 0 Å². The zero-order valence-corrected chi connectivity index (χ0v) is 16.6. The summed E-state index contributed by atoms with van der Waals surface area (Å²) in [6, 6.07) is 26.2. The Hall–Kier alpha value is -2.98. The normalized spacial score (nSPS) is 10.9. The van der Waals surface area contributed by atoms with Gasteiger partial charge in [-0.25, -0.2) is 0 Å². The lowest BCUT2D eigenvalue weighted by Crippen LogP contribution is -2.25. The summed E-state index contributed by atoms with van der Waals surface area (Å²) in [4.78, 5) is 17.1. The number of aromatic nitrogens is 1. The van der Waals surface area contributed by atoms with Crippen molar-refractivity contribution >= 4 is 28.6 Å². The van der Waals surface area contributed by atoms with Crippen LogP contribution in [0.25, 0.3) is 22.0 Å². The number of hydrogen-bond donors (Lipinski definition) is 2. The Morgan fingerprint density at radius 3 is 2.36 bits per heavy atom. The van der Waals surface area contributed by atoms with Crippen molar-refractivity contribution in [3.05, 3.63) is 90.1 Å². The number of aryl methyl sites for hydroxylation is 1. The van der Waals surface area contributed by atoms with Crippen LogP contribution >= 0.6 is 11.8 Å². The lowest BCUT2D eigenvalue weighted by atomic mass is 10.0. The van der Waals surface area contributed by atoms with Crippen molar-refractivity contribution in [3.63, 3.8) is 0 Å². The second-order valence-corrected chi connectivity index (χ2v) is 7.78. The Balaban J connectivity index is 1.32. The number of carbonyl (C=O) groups excluding carboxylic acids is 1. The summed E-state index contributed by atoms with van der Waals surface area (Å²) in [7, 11) is 0. The van der Waals surface area contributed by atoms with E-state index in [1.54, 1.807) is 11.8 Å². The van der Waals surface area contributed by atoms with E-state index in [2.05, 4.69) is 47.6 Å². The first-order chi connectivity index (χ1) is 13.7. The van der Waals surface area contributed by atoms with Crippen LogP contribution in [0.1, 0.15) is 16.1 Å². The Kier molecular flexibility index (Phi) is 5.49. The van der Waals surface area contributed by atoms with Crippen molar-refractivity contribution in [2.24, 2.45) is 0 Å². The van der Waals surface area contributed by atoms with Crippen molar-refractivity contribution in [3.8, 4) is 11.1 Å². The fourth-order valence-corrected chi connectivity index (χ4v) is 4.31. The van der Waals surface area contributed by atoms with E-state index in [1.807, 2.05) is 48.5 Å². The molecule has 0 saturated heterocycles. The predicted molar refractivity (Wildman–Crippen MR) is 118 cm³/mol. The number of para-hydroxylation sites is 1. The molecule has 0 atom stereocenters. The van der Waals surface area contributed by atoms with Gasteiger partial charge in [-0.05, 0) is 36.2 Å². The molecule has 1 heterocycles. The standard InChI is InChI=1S/C24H22N2OS/c1-17-23(21-9-5-6-10-22(21)26-17)28-16-15-25-24(27)20-13-11-19(12-14-20)18-7-3-2-4-8-18/h2-14,26H,15-16H2,1H3,(H,25,27). The molecule has 0 radical (unpaired) electrons. The highest BCUT2D eigenvalue weighted by molar-refractivity contribution is 7.99. The Morgan fingerprint density at radius 2 is 1.57 bits per heavy atom. The zero-order valence-electron chi connectivity index (χ0n) is 15.7. The summed E-state index contributed by atoms with van der Waals surface area (Å²) in [5.74, 6) is 0.798. The topological polar surface area (TPSA) is 44.9 Å². The third-order valence-electron chi connectivity index (χ3n) is 4.72. The molecule has 0 bridgehead atoms. The fraction of sp³-hybridized carbons (Fsp3) is 0.125. The van der Waals surface area contributed by atoms with Gasteiger partial charge in [0.15, 0.2) is 0 Å². The van der Waals surface area contributed by atoms with Crippen molar-refractivity contribution in [2.75, 3.05) is 12.3 Å². The van der Waals surface area contributed by atoms with E-state index in [1.165, 1.54) is 16.0 Å². The summed E-state index contributed by atoms with van der Waals surface area (Å²) < 4.78 is 0. The molecule has 0 saturated carbocycles. The van der Waals surface area contributed by atoms with Gasteiger partial charge in [0.05, 0.1) is 0 Å². The van der Waals surface area contributed by atoms with Crippen LogP contribution in [0.4, 0.5) is 0 Å². The highest BCUT2D eigenvalue weighted by Gasteiger charge is 2.09. The molecule has 28 heavy (non-hydrogen) atoms. The van der Waals surface area contributed by atoms with E-state index in [4.69, 9.17) is 0 Å². The molecule has 3 nitrogen and oxygen atoms in total. The predicted octanol–water partition coefficient (Wildman–Crippen LogP) is 5.67.